The summed E-state index contributed by atoms with van der Waals surface area (Å²) >= 11 is 0. The highest BCUT2D eigenvalue weighted by Crippen LogP contribution is 2.15. The number of nitrogens with zero attached hydrogens (tertiary/aromatic N) is 2. The van der Waals surface area contributed by atoms with Crippen molar-refractivity contribution in [3.05, 3.63) is 82.4 Å². The molecule has 0 unspecified atom stereocenters. The molecule has 1 aromatic heterocycles. The van der Waals surface area contributed by atoms with Crippen molar-refractivity contribution in [2.45, 2.75) is 11.4 Å². The van der Waals surface area contributed by atoms with Gasteiger partial charge in [0, 0.05) is 18.4 Å². The van der Waals surface area contributed by atoms with Gasteiger partial charge in [0.1, 0.15) is 5.82 Å². The van der Waals surface area contributed by atoms with Gasteiger partial charge in [-0.15, -0.1) is 0 Å². The van der Waals surface area contributed by atoms with Crippen LogP contribution in [-0.2, 0) is 16.4 Å². The lowest BCUT2D eigenvalue weighted by atomic mass is 10.2. The van der Waals surface area contributed by atoms with Crippen molar-refractivity contribution in [2.75, 3.05) is 11.6 Å². The fourth-order valence-corrected chi connectivity index (χ4v) is 3.05. The lowest BCUT2D eigenvalue weighted by Gasteiger charge is -2.10. The Labute approximate surface area is 154 Å². The fourth-order valence-electron chi connectivity index (χ4n) is 2.42. The fraction of sp³-hybridized carbons (Fsp3) is 0.111. The molecule has 0 saturated heterocycles. The molecule has 27 heavy (non-hydrogen) atoms. The van der Waals surface area contributed by atoms with Gasteiger partial charge in [0.2, 0.25) is 0 Å². The number of hydrogen-bond donors (Lipinski definition) is 1. The highest BCUT2D eigenvalue weighted by molar-refractivity contribution is 7.90. The first-order valence-electron chi connectivity index (χ1n) is 7.82. The van der Waals surface area contributed by atoms with Crippen LogP contribution in [0.3, 0.4) is 0 Å². The Morgan fingerprint density at radius 2 is 1.70 bits per heavy atom. The molecule has 0 fully saturated rings. The Hall–Kier alpha value is -3.07. The summed E-state index contributed by atoms with van der Waals surface area (Å²) in [6.45, 7) is -0.0386. The van der Waals surface area contributed by atoms with E-state index < -0.39 is 27.2 Å². The highest BCUT2D eigenvalue weighted by atomic mass is 32.2. The number of hydrogen-bond acceptors (Lipinski definition) is 5. The summed E-state index contributed by atoms with van der Waals surface area (Å²) in [5.41, 5.74) is -0.196. The van der Waals surface area contributed by atoms with Crippen molar-refractivity contribution in [3.8, 4) is 5.69 Å². The molecule has 3 rings (SSSR count). The van der Waals surface area contributed by atoms with E-state index in [-0.39, 0.29) is 22.9 Å². The largest absolute Gasteiger partial charge is 0.363 e. The van der Waals surface area contributed by atoms with Crippen molar-refractivity contribution >= 4 is 15.7 Å². The third-order valence-electron chi connectivity index (χ3n) is 3.83. The lowest BCUT2D eigenvalue weighted by molar-refractivity contribution is 0.599. The summed E-state index contributed by atoms with van der Waals surface area (Å²) in [5.74, 6) is -1.56. The summed E-state index contributed by atoms with van der Waals surface area (Å²) in [6.07, 6.45) is 2.00. The van der Waals surface area contributed by atoms with Crippen molar-refractivity contribution in [1.29, 1.82) is 0 Å². The highest BCUT2D eigenvalue weighted by Gasteiger charge is 2.12. The van der Waals surface area contributed by atoms with E-state index in [1.54, 1.807) is 6.07 Å². The molecular formula is C18H15F2N3O3S. The smallest absolute Gasteiger partial charge is 0.354 e. The molecule has 1 N–H and O–H groups in total. The van der Waals surface area contributed by atoms with Crippen molar-refractivity contribution < 1.29 is 17.2 Å². The minimum atomic E-state index is -3.38. The Kier molecular flexibility index (Phi) is 5.04. The average molecular weight is 391 g/mol. The van der Waals surface area contributed by atoms with E-state index in [1.165, 1.54) is 42.5 Å². The molecule has 0 atom stereocenters. The third kappa shape index (κ3) is 4.20. The van der Waals surface area contributed by atoms with Gasteiger partial charge in [-0.05, 0) is 30.3 Å². The third-order valence-corrected chi connectivity index (χ3v) is 4.96. The number of anilines is 1. The second-order valence-corrected chi connectivity index (χ2v) is 7.82. The van der Waals surface area contributed by atoms with Gasteiger partial charge in [-0.25, -0.2) is 22.0 Å². The second-order valence-electron chi connectivity index (χ2n) is 5.80. The molecule has 0 aliphatic heterocycles. The Morgan fingerprint density at radius 1 is 1.04 bits per heavy atom. The van der Waals surface area contributed by atoms with Gasteiger partial charge >= 0.3 is 5.69 Å². The predicted molar refractivity (Wildman–Crippen MR) is 96.6 cm³/mol. The van der Waals surface area contributed by atoms with E-state index in [2.05, 4.69) is 10.3 Å². The van der Waals surface area contributed by atoms with Crippen LogP contribution in [0.15, 0.2) is 64.4 Å². The van der Waals surface area contributed by atoms with Crippen LogP contribution in [0.2, 0.25) is 0 Å². The second kappa shape index (κ2) is 7.28. The molecule has 2 aromatic carbocycles. The van der Waals surface area contributed by atoms with E-state index in [1.807, 2.05) is 0 Å². The zero-order valence-corrected chi connectivity index (χ0v) is 15.0. The molecule has 140 valence electrons. The standard InChI is InChI=1S/C18H15F2N3O3S/c1-27(25,26)14-8-6-13(7-9-14)23-11-16(20)17(22-18(23)24)21-10-12-4-2-3-5-15(12)19/h2-9,11H,10H2,1H3,(H,21,22,24). The quantitative estimate of drug-likeness (QED) is 0.723. The Balaban J connectivity index is 1.87. The van der Waals surface area contributed by atoms with Crippen LogP contribution in [0.4, 0.5) is 14.6 Å². The zero-order valence-electron chi connectivity index (χ0n) is 14.2. The molecule has 0 spiro atoms. The molecule has 0 aliphatic rings. The molecule has 6 nitrogen and oxygen atoms in total. The average Bonchev–Trinajstić information content (AvgIpc) is 2.62. The normalized spacial score (nSPS) is 11.4. The van der Waals surface area contributed by atoms with Gasteiger partial charge in [0.15, 0.2) is 21.5 Å². The van der Waals surface area contributed by atoms with Crippen LogP contribution in [0.5, 0.6) is 0 Å². The van der Waals surface area contributed by atoms with Crippen molar-refractivity contribution in [2.24, 2.45) is 0 Å². The summed E-state index contributed by atoms with van der Waals surface area (Å²) in [6, 6.07) is 11.4. The number of benzene rings is 2. The van der Waals surface area contributed by atoms with Crippen LogP contribution in [-0.4, -0.2) is 24.2 Å². The SMILES string of the molecule is CS(=O)(=O)c1ccc(-n2cc(F)c(NCc3ccccc3F)nc2=O)cc1. The minimum absolute atomic E-state index is 0.0386. The number of rotatable bonds is 5. The van der Waals surface area contributed by atoms with Crippen LogP contribution in [0.1, 0.15) is 5.56 Å². The van der Waals surface area contributed by atoms with Gasteiger partial charge in [-0.1, -0.05) is 18.2 Å². The maximum atomic E-state index is 14.3. The Morgan fingerprint density at radius 3 is 2.33 bits per heavy atom. The van der Waals surface area contributed by atoms with E-state index >= 15 is 0 Å². The predicted octanol–water partition coefficient (Wildman–Crippen LogP) is 2.53. The molecule has 0 aliphatic carbocycles. The van der Waals surface area contributed by atoms with Gasteiger partial charge in [0.05, 0.1) is 16.8 Å². The molecule has 0 radical (unpaired) electrons. The van der Waals surface area contributed by atoms with Gasteiger partial charge in [0.25, 0.3) is 0 Å². The molecule has 0 bridgehead atoms. The maximum absolute atomic E-state index is 14.3. The number of nitrogens with one attached hydrogen (secondary N) is 1. The summed E-state index contributed by atoms with van der Waals surface area (Å²) in [7, 11) is -3.38. The zero-order chi connectivity index (χ0) is 19.6. The first-order valence-corrected chi connectivity index (χ1v) is 9.72. The van der Waals surface area contributed by atoms with E-state index in [0.29, 0.717) is 5.56 Å². The minimum Gasteiger partial charge on any atom is -0.363 e. The molecule has 1 heterocycles. The van der Waals surface area contributed by atoms with Gasteiger partial charge < -0.3 is 5.32 Å². The molecule has 0 saturated carbocycles. The van der Waals surface area contributed by atoms with Crippen molar-refractivity contribution in [3.63, 3.8) is 0 Å². The summed E-state index contributed by atoms with van der Waals surface area (Å²) in [4.78, 5) is 15.9. The first-order chi connectivity index (χ1) is 12.8. The number of sulfone groups is 1. The molecule has 9 heteroatoms. The van der Waals surface area contributed by atoms with Crippen LogP contribution >= 0.6 is 0 Å². The van der Waals surface area contributed by atoms with E-state index in [4.69, 9.17) is 0 Å². The number of aromatic nitrogens is 2. The topological polar surface area (TPSA) is 81.1 Å². The molecule has 0 amide bonds. The molecular weight excluding hydrogens is 376 g/mol. The summed E-state index contributed by atoms with van der Waals surface area (Å²) < 4.78 is 51.8. The lowest BCUT2D eigenvalue weighted by Crippen LogP contribution is -2.23. The monoisotopic (exact) mass is 391 g/mol. The van der Waals surface area contributed by atoms with Crippen molar-refractivity contribution in [1.82, 2.24) is 9.55 Å². The van der Waals surface area contributed by atoms with Gasteiger partial charge in [-0.2, -0.15) is 4.98 Å². The van der Waals surface area contributed by atoms with E-state index in [9.17, 15) is 22.0 Å². The van der Waals surface area contributed by atoms with E-state index in [0.717, 1.165) is 17.0 Å². The van der Waals surface area contributed by atoms with Crippen LogP contribution < -0.4 is 11.0 Å². The summed E-state index contributed by atoms with van der Waals surface area (Å²) in [5, 5.41) is 2.60. The molecule has 3 aromatic rings. The maximum Gasteiger partial charge on any atom is 0.354 e. The number of halogens is 2. The first kappa shape index (κ1) is 18.7. The van der Waals surface area contributed by atoms with Crippen LogP contribution in [0, 0.1) is 11.6 Å². The Bertz CT molecular complexity index is 1140. The van der Waals surface area contributed by atoms with Crippen LogP contribution in [0.25, 0.3) is 5.69 Å². The van der Waals surface area contributed by atoms with Gasteiger partial charge in [-0.3, -0.25) is 4.57 Å².